The van der Waals surface area contributed by atoms with Crippen molar-refractivity contribution < 1.29 is 28.6 Å². The van der Waals surface area contributed by atoms with Crippen LogP contribution in [0, 0.1) is 0 Å². The predicted octanol–water partition coefficient (Wildman–Crippen LogP) is 5.91. The second-order valence-corrected chi connectivity index (χ2v) is 9.87. The molecule has 0 spiro atoms. The number of benzene rings is 3. The van der Waals surface area contributed by atoms with Crippen LogP contribution in [0.1, 0.15) is 43.9 Å². The highest BCUT2D eigenvalue weighted by molar-refractivity contribution is 5.71. The Balaban J connectivity index is 1.34. The van der Waals surface area contributed by atoms with Gasteiger partial charge in [-0.2, -0.15) is 5.10 Å². The monoisotopic (exact) mass is 553 g/mol. The number of ether oxygens (including phenoxy) is 3. The number of amides is 1. The maximum atomic E-state index is 12.7. The average Bonchev–Trinajstić information content (AvgIpc) is 3.42. The molecule has 4 aromatic rings. The highest BCUT2D eigenvalue weighted by atomic mass is 16.6. The second-order valence-electron chi connectivity index (χ2n) is 9.87. The summed E-state index contributed by atoms with van der Waals surface area (Å²) in [5, 5.41) is 4.98. The van der Waals surface area contributed by atoms with Crippen molar-refractivity contribution >= 4 is 18.0 Å². The molecule has 1 aromatic heterocycles. The fourth-order valence-corrected chi connectivity index (χ4v) is 4.85. The smallest absolute Gasteiger partial charge is 0.410 e. The molecule has 1 amide bonds. The van der Waals surface area contributed by atoms with E-state index in [9.17, 15) is 14.4 Å². The van der Waals surface area contributed by atoms with Crippen LogP contribution < -0.4 is 9.47 Å². The molecule has 5 rings (SSSR count). The van der Waals surface area contributed by atoms with Crippen molar-refractivity contribution in [3.63, 3.8) is 0 Å². The molecule has 1 aliphatic rings. The third kappa shape index (κ3) is 7.00. The van der Waals surface area contributed by atoms with E-state index in [4.69, 9.17) is 19.3 Å². The second kappa shape index (κ2) is 12.5. The lowest BCUT2D eigenvalue weighted by molar-refractivity contribution is -0.132. The maximum absolute atomic E-state index is 12.7. The molecule has 0 atom stereocenters. The number of likely N-dealkylation sites (tertiary alicyclic amines) is 1. The molecule has 1 aliphatic heterocycles. The minimum absolute atomic E-state index is 0.161. The van der Waals surface area contributed by atoms with Crippen LogP contribution in [0.4, 0.5) is 4.79 Å². The van der Waals surface area contributed by atoms with Gasteiger partial charge in [-0.25, -0.2) is 9.48 Å². The standard InChI is InChI=1S/C32H31N3O6/c1-22(36)40-28-12-8-26(9-13-28)31-20-30(33-35(31)27-10-14-29(15-11-27)41-23(2)37)25-16-18-34(19-17-25)32(38)39-21-24-6-4-3-5-7-24/h3-15,20,25H,16-19,21H2,1-2H3. The molecule has 0 N–H and O–H groups in total. The molecule has 1 fully saturated rings. The summed E-state index contributed by atoms with van der Waals surface area (Å²) in [5.41, 5.74) is 4.43. The first-order valence-corrected chi connectivity index (χ1v) is 13.5. The van der Waals surface area contributed by atoms with Crippen LogP contribution >= 0.6 is 0 Å². The van der Waals surface area contributed by atoms with E-state index >= 15 is 0 Å². The van der Waals surface area contributed by atoms with Crippen LogP contribution in [0.15, 0.2) is 84.9 Å². The Morgan fingerprint density at radius 2 is 1.39 bits per heavy atom. The van der Waals surface area contributed by atoms with Crippen LogP contribution in [0.3, 0.4) is 0 Å². The van der Waals surface area contributed by atoms with E-state index in [1.165, 1.54) is 13.8 Å². The lowest BCUT2D eigenvalue weighted by Gasteiger charge is -2.30. The van der Waals surface area contributed by atoms with Crippen molar-refractivity contribution in [2.24, 2.45) is 0 Å². The molecule has 0 saturated carbocycles. The van der Waals surface area contributed by atoms with Crippen LogP contribution in [0.5, 0.6) is 11.5 Å². The number of carbonyl (C=O) groups is 3. The first-order chi connectivity index (χ1) is 19.9. The summed E-state index contributed by atoms with van der Waals surface area (Å²) in [5.74, 6) is 0.308. The minimum atomic E-state index is -0.386. The van der Waals surface area contributed by atoms with Gasteiger partial charge in [0.25, 0.3) is 0 Å². The first kappa shape index (κ1) is 27.6. The molecular formula is C32H31N3O6. The zero-order valence-electron chi connectivity index (χ0n) is 23.0. The van der Waals surface area contributed by atoms with Gasteiger partial charge in [0.1, 0.15) is 18.1 Å². The Kier molecular flexibility index (Phi) is 8.43. The maximum Gasteiger partial charge on any atom is 0.410 e. The lowest BCUT2D eigenvalue weighted by atomic mass is 9.93. The van der Waals surface area contributed by atoms with Gasteiger partial charge >= 0.3 is 18.0 Å². The summed E-state index contributed by atoms with van der Waals surface area (Å²) in [6, 6.07) is 26.1. The van der Waals surface area contributed by atoms with E-state index in [0.717, 1.165) is 41.0 Å². The third-order valence-electron chi connectivity index (χ3n) is 6.86. The van der Waals surface area contributed by atoms with Crippen LogP contribution in [0.2, 0.25) is 0 Å². The quantitative estimate of drug-likeness (QED) is 0.207. The zero-order valence-corrected chi connectivity index (χ0v) is 23.0. The van der Waals surface area contributed by atoms with E-state index < -0.39 is 0 Å². The number of rotatable bonds is 7. The number of carbonyl (C=O) groups excluding carboxylic acids is 3. The molecule has 1 saturated heterocycles. The van der Waals surface area contributed by atoms with Gasteiger partial charge in [0.05, 0.1) is 17.1 Å². The molecule has 3 aromatic carbocycles. The van der Waals surface area contributed by atoms with Crippen LogP contribution in [-0.2, 0) is 20.9 Å². The molecule has 0 radical (unpaired) electrons. The number of esters is 2. The Hall–Kier alpha value is -4.92. The minimum Gasteiger partial charge on any atom is -0.445 e. The van der Waals surface area contributed by atoms with Gasteiger partial charge in [-0.05, 0) is 73.0 Å². The van der Waals surface area contributed by atoms with Gasteiger partial charge in [0.2, 0.25) is 0 Å². The SMILES string of the molecule is CC(=O)Oc1ccc(-c2cc(C3CCN(C(=O)OCc4ccccc4)CC3)nn2-c2ccc(OC(C)=O)cc2)cc1. The normalized spacial score (nSPS) is 13.5. The summed E-state index contributed by atoms with van der Waals surface area (Å²) in [7, 11) is 0. The Morgan fingerprint density at radius 3 is 1.98 bits per heavy atom. The average molecular weight is 554 g/mol. The summed E-state index contributed by atoms with van der Waals surface area (Å²) >= 11 is 0. The van der Waals surface area contributed by atoms with Crippen LogP contribution in [-0.4, -0.2) is 45.8 Å². The van der Waals surface area contributed by atoms with E-state index in [0.29, 0.717) is 24.6 Å². The zero-order chi connectivity index (χ0) is 28.8. The molecular weight excluding hydrogens is 522 g/mol. The molecule has 41 heavy (non-hydrogen) atoms. The molecule has 0 bridgehead atoms. The van der Waals surface area contributed by atoms with E-state index in [1.54, 1.807) is 29.2 Å². The molecule has 2 heterocycles. The molecule has 9 heteroatoms. The summed E-state index contributed by atoms with van der Waals surface area (Å²) < 4.78 is 17.8. The summed E-state index contributed by atoms with van der Waals surface area (Å²) in [6.45, 7) is 4.13. The molecule has 9 nitrogen and oxygen atoms in total. The van der Waals surface area contributed by atoms with Crippen LogP contribution in [0.25, 0.3) is 16.9 Å². The largest absolute Gasteiger partial charge is 0.445 e. The van der Waals surface area contributed by atoms with Crippen molar-refractivity contribution in [1.82, 2.24) is 14.7 Å². The van der Waals surface area contributed by atoms with Gasteiger partial charge < -0.3 is 19.1 Å². The highest BCUT2D eigenvalue weighted by Gasteiger charge is 2.27. The topological polar surface area (TPSA) is 100.0 Å². The number of aromatic nitrogens is 2. The van der Waals surface area contributed by atoms with Gasteiger partial charge in [-0.3, -0.25) is 9.59 Å². The first-order valence-electron chi connectivity index (χ1n) is 13.5. The number of hydrogen-bond donors (Lipinski definition) is 0. The molecule has 210 valence electrons. The molecule has 0 aliphatic carbocycles. The Morgan fingerprint density at radius 1 is 0.805 bits per heavy atom. The number of nitrogens with zero attached hydrogens (tertiary/aromatic N) is 3. The van der Waals surface area contributed by atoms with Crippen molar-refractivity contribution in [2.45, 2.75) is 39.2 Å². The van der Waals surface area contributed by atoms with Gasteiger partial charge in [0, 0.05) is 38.4 Å². The fourth-order valence-electron chi connectivity index (χ4n) is 4.85. The van der Waals surface area contributed by atoms with E-state index in [-0.39, 0.29) is 30.6 Å². The summed E-state index contributed by atoms with van der Waals surface area (Å²) in [4.78, 5) is 37.1. The third-order valence-corrected chi connectivity index (χ3v) is 6.86. The van der Waals surface area contributed by atoms with Crippen molar-refractivity contribution in [1.29, 1.82) is 0 Å². The predicted molar refractivity (Wildman–Crippen MR) is 152 cm³/mol. The Bertz CT molecular complexity index is 1430. The van der Waals surface area contributed by atoms with Gasteiger partial charge in [-0.1, -0.05) is 30.3 Å². The van der Waals surface area contributed by atoms with Crippen molar-refractivity contribution in [3.8, 4) is 28.4 Å². The van der Waals surface area contributed by atoms with Gasteiger partial charge in [-0.15, -0.1) is 0 Å². The van der Waals surface area contributed by atoms with Crippen molar-refractivity contribution in [3.05, 3.63) is 96.2 Å². The summed E-state index contributed by atoms with van der Waals surface area (Å²) in [6.07, 6.45) is 1.21. The lowest BCUT2D eigenvalue weighted by Crippen LogP contribution is -2.38. The van der Waals surface area contributed by atoms with E-state index in [1.807, 2.05) is 59.3 Å². The molecule has 0 unspecified atom stereocenters. The Labute approximate surface area is 238 Å². The fraction of sp³-hybridized carbons (Fsp3) is 0.250. The number of hydrogen-bond acceptors (Lipinski definition) is 7. The van der Waals surface area contributed by atoms with Gasteiger partial charge in [0.15, 0.2) is 0 Å². The van der Waals surface area contributed by atoms with E-state index in [2.05, 4.69) is 6.07 Å². The number of piperidine rings is 1. The highest BCUT2D eigenvalue weighted by Crippen LogP contribution is 2.33. The van der Waals surface area contributed by atoms with Crippen molar-refractivity contribution in [2.75, 3.05) is 13.1 Å².